The van der Waals surface area contributed by atoms with Crippen molar-refractivity contribution in [3.63, 3.8) is 0 Å². The number of ether oxygens (including phenoxy) is 15. The van der Waals surface area contributed by atoms with Gasteiger partial charge in [0.2, 0.25) is 0 Å². The first kappa shape index (κ1) is 55.8. The van der Waals surface area contributed by atoms with Crippen LogP contribution in [0.1, 0.15) is 84.4 Å². The van der Waals surface area contributed by atoms with Crippen LogP contribution in [-0.4, -0.2) is 123 Å². The molecule has 0 spiro atoms. The van der Waals surface area contributed by atoms with Crippen LogP contribution in [0.15, 0.2) is 182 Å². The van der Waals surface area contributed by atoms with E-state index in [0.717, 1.165) is 65.5 Å². The number of aliphatic hydroxyl groups excluding tert-OH is 1. The molecule has 6 saturated heterocycles. The van der Waals surface area contributed by atoms with E-state index >= 15 is 0 Å². The molecule has 7 aliphatic rings. The molecule has 0 radical (unpaired) electrons. The van der Waals surface area contributed by atoms with Gasteiger partial charge >= 0.3 is 0 Å². The van der Waals surface area contributed by atoms with Crippen molar-refractivity contribution in [2.75, 3.05) is 19.8 Å². The average molecular weight is 1120 g/mol. The third kappa shape index (κ3) is 13.0. The molecule has 18 atom stereocenters. The fourth-order valence-corrected chi connectivity index (χ4v) is 12.2. The molecule has 7 fully saturated rings. The minimum atomic E-state index is -1.42. The summed E-state index contributed by atoms with van der Waals surface area (Å²) in [6.07, 6.45) is -11.8. The van der Waals surface area contributed by atoms with E-state index in [9.17, 15) is 5.11 Å². The number of aliphatic hydroxyl groups is 1. The molecule has 6 aromatic carbocycles. The SMILES string of the molecule is O[C@@H]1[C@H](O[C@@H]2[C@H](O[C@@H]3[C@H](OC4CCCCC4)O[C@@H]4COC(c5ccccc5)O[C@H]4[C@@H]3OCc3ccccc3)O[C@@H]3COC(c4ccccc4)O[C@H]3[C@@H]2OCc2ccccc2)O[C@@H]2COC(c3ccccc3)O[C@H]2[C@@H]1OCc1ccccc1. The lowest BCUT2D eigenvalue weighted by Gasteiger charge is -2.54. The molecule has 13 rings (SSSR count). The lowest BCUT2D eigenvalue weighted by molar-refractivity contribution is -0.431. The van der Waals surface area contributed by atoms with Crippen molar-refractivity contribution < 1.29 is 76.2 Å². The van der Waals surface area contributed by atoms with Gasteiger partial charge in [-0.1, -0.05) is 201 Å². The number of fused-ring (bicyclic) bond motifs is 3. The van der Waals surface area contributed by atoms with Gasteiger partial charge in [0.1, 0.15) is 73.2 Å². The van der Waals surface area contributed by atoms with E-state index in [1.54, 1.807) is 0 Å². The topological polar surface area (TPSA) is 159 Å². The molecule has 0 amide bonds. The second kappa shape index (κ2) is 26.7. The standard InChI is InChI=1S/C66H72O16/c67-52-56(68-36-42-22-8-1-9-23-42)53-49(39-71-61(78-53)45-28-14-4-15-29-45)75-64(52)81-60-58(70-38-44-26-12-3-13-27-44)55-51(41-73-63(80-55)47-32-18-6-19-33-47)77-66(60)82-59-57(69-37-43-24-10-2-11-25-43)54-50(76-65(59)74-48-34-20-7-21-35-48)40-72-62(79-54)46-30-16-5-17-31-46/h1-6,8-19,22-33,48-67H,7,20-21,34-41H2/t49-,50-,51-,52+,53-,54-,55-,56-,57+,58+,59+,60+,61?,62?,63?,64+,65-,66+/m1/s1. The maximum Gasteiger partial charge on any atom is 0.187 e. The predicted molar refractivity (Wildman–Crippen MR) is 295 cm³/mol. The van der Waals surface area contributed by atoms with E-state index in [-0.39, 0.29) is 45.7 Å². The molecule has 3 unspecified atom stereocenters. The lowest BCUT2D eigenvalue weighted by atomic mass is 9.94. The summed E-state index contributed by atoms with van der Waals surface area (Å²) < 4.78 is 104. The number of hydrogen-bond donors (Lipinski definition) is 1. The first-order valence-electron chi connectivity index (χ1n) is 29.1. The first-order valence-corrected chi connectivity index (χ1v) is 29.1. The van der Waals surface area contributed by atoms with Gasteiger partial charge in [0.15, 0.2) is 37.7 Å². The minimum Gasteiger partial charge on any atom is -0.385 e. The molecule has 1 aliphatic carbocycles. The van der Waals surface area contributed by atoms with E-state index in [1.165, 1.54) is 0 Å². The second-order valence-corrected chi connectivity index (χ2v) is 22.0. The van der Waals surface area contributed by atoms with Crippen LogP contribution in [0, 0.1) is 0 Å². The Morgan fingerprint density at radius 3 is 1.07 bits per heavy atom. The Kier molecular flexibility index (Phi) is 18.2. The van der Waals surface area contributed by atoms with Gasteiger partial charge in [0.05, 0.1) is 45.7 Å². The molecular formula is C66H72O16. The van der Waals surface area contributed by atoms with E-state index in [0.29, 0.717) is 0 Å². The summed E-state index contributed by atoms with van der Waals surface area (Å²) in [6, 6.07) is 59.0. The highest BCUT2D eigenvalue weighted by Crippen LogP contribution is 2.44. The van der Waals surface area contributed by atoms with Crippen LogP contribution in [0.4, 0.5) is 0 Å². The Morgan fingerprint density at radius 1 is 0.341 bits per heavy atom. The molecule has 16 nitrogen and oxygen atoms in total. The van der Waals surface area contributed by atoms with Crippen LogP contribution in [0.5, 0.6) is 0 Å². The maximum absolute atomic E-state index is 12.9. The Hall–Kier alpha value is -5.32. The van der Waals surface area contributed by atoms with Crippen molar-refractivity contribution >= 4 is 0 Å². The summed E-state index contributed by atoms with van der Waals surface area (Å²) in [6.45, 7) is 0.983. The van der Waals surface area contributed by atoms with E-state index in [4.69, 9.17) is 71.1 Å². The number of benzene rings is 6. The molecular weight excluding hydrogens is 1050 g/mol. The van der Waals surface area contributed by atoms with Crippen LogP contribution in [0.2, 0.25) is 0 Å². The smallest absolute Gasteiger partial charge is 0.187 e. The molecule has 6 aliphatic heterocycles. The van der Waals surface area contributed by atoms with Crippen molar-refractivity contribution in [2.45, 2.75) is 169 Å². The Balaban J connectivity index is 0.882. The van der Waals surface area contributed by atoms with Crippen molar-refractivity contribution in [2.24, 2.45) is 0 Å². The third-order valence-corrected chi connectivity index (χ3v) is 16.4. The van der Waals surface area contributed by atoms with Crippen molar-refractivity contribution in [3.8, 4) is 0 Å². The zero-order valence-corrected chi connectivity index (χ0v) is 45.6. The number of rotatable bonds is 18. The zero-order chi connectivity index (χ0) is 55.0. The summed E-state index contributed by atoms with van der Waals surface area (Å²) in [5.41, 5.74) is 5.27. The van der Waals surface area contributed by atoms with Gasteiger partial charge in [0, 0.05) is 16.7 Å². The monoisotopic (exact) mass is 1120 g/mol. The maximum atomic E-state index is 12.9. The highest BCUT2D eigenvalue weighted by atomic mass is 16.8. The first-order chi connectivity index (χ1) is 40.5. The molecule has 16 heteroatoms. The molecule has 1 saturated carbocycles. The molecule has 1 N–H and O–H groups in total. The van der Waals surface area contributed by atoms with Gasteiger partial charge < -0.3 is 76.2 Å². The molecule has 6 heterocycles. The van der Waals surface area contributed by atoms with Gasteiger partial charge in [-0.05, 0) is 29.5 Å². The second-order valence-electron chi connectivity index (χ2n) is 22.0. The van der Waals surface area contributed by atoms with Gasteiger partial charge in [0.25, 0.3) is 0 Å². The van der Waals surface area contributed by atoms with E-state index in [1.807, 2.05) is 182 Å². The summed E-state index contributed by atoms with van der Waals surface area (Å²) >= 11 is 0. The summed E-state index contributed by atoms with van der Waals surface area (Å²) in [7, 11) is 0. The largest absolute Gasteiger partial charge is 0.385 e. The average Bonchev–Trinajstić information content (AvgIpc) is 3.40. The minimum absolute atomic E-state index is 0.108. The van der Waals surface area contributed by atoms with Crippen molar-refractivity contribution in [3.05, 3.63) is 215 Å². The summed E-state index contributed by atoms with van der Waals surface area (Å²) in [4.78, 5) is 0. The Bertz CT molecular complexity index is 2860. The fraction of sp³-hybridized carbons (Fsp3) is 0.455. The highest BCUT2D eigenvalue weighted by Gasteiger charge is 2.59. The quantitative estimate of drug-likeness (QED) is 0.0866. The zero-order valence-electron chi connectivity index (χ0n) is 45.6. The summed E-state index contributed by atoms with van der Waals surface area (Å²) in [5.74, 6) is 0. The van der Waals surface area contributed by atoms with Crippen LogP contribution in [0.25, 0.3) is 0 Å². The predicted octanol–water partition coefficient (Wildman–Crippen LogP) is 9.74. The highest BCUT2D eigenvalue weighted by molar-refractivity contribution is 5.21. The van der Waals surface area contributed by atoms with Crippen LogP contribution in [-0.2, 0) is 90.9 Å². The molecule has 0 aromatic heterocycles. The molecule has 82 heavy (non-hydrogen) atoms. The van der Waals surface area contributed by atoms with E-state index < -0.39 is 111 Å². The van der Waals surface area contributed by atoms with Crippen LogP contribution < -0.4 is 0 Å². The van der Waals surface area contributed by atoms with E-state index in [2.05, 4.69) is 0 Å². The van der Waals surface area contributed by atoms with Gasteiger partial charge in [-0.25, -0.2) is 0 Å². The summed E-state index contributed by atoms with van der Waals surface area (Å²) in [5, 5.41) is 12.9. The normalized spacial score (nSPS) is 34.9. The Morgan fingerprint density at radius 2 is 0.671 bits per heavy atom. The van der Waals surface area contributed by atoms with Crippen LogP contribution >= 0.6 is 0 Å². The molecule has 6 aromatic rings. The Labute approximate surface area is 478 Å². The number of hydrogen-bond acceptors (Lipinski definition) is 16. The van der Waals surface area contributed by atoms with Gasteiger partial charge in [-0.3, -0.25) is 0 Å². The third-order valence-electron chi connectivity index (χ3n) is 16.4. The van der Waals surface area contributed by atoms with Crippen LogP contribution in [0.3, 0.4) is 0 Å². The van der Waals surface area contributed by atoms with Gasteiger partial charge in [-0.15, -0.1) is 0 Å². The fourth-order valence-electron chi connectivity index (χ4n) is 12.2. The van der Waals surface area contributed by atoms with Crippen molar-refractivity contribution in [1.82, 2.24) is 0 Å². The van der Waals surface area contributed by atoms with Crippen molar-refractivity contribution in [1.29, 1.82) is 0 Å². The molecule has 432 valence electrons. The van der Waals surface area contributed by atoms with Gasteiger partial charge in [-0.2, -0.15) is 0 Å². The lowest BCUT2D eigenvalue weighted by Crippen LogP contribution is -2.69. The molecule has 0 bridgehead atoms.